The molecule has 0 spiro atoms. The minimum Gasteiger partial charge on any atom is -0.479 e. The molecule has 1 unspecified atom stereocenters. The number of amides is 1. The third kappa shape index (κ3) is 2.79. The van der Waals surface area contributed by atoms with Gasteiger partial charge in [-0.15, -0.1) is 0 Å². The standard InChI is InChI=1S/C11H12N4O4/c1-6-3-8(19-14-6)10(16)13-9(11(17)18)7-4-12-15(2)5-7/h3-5,9H,1-2H3,(H,13,16)(H,17,18). The van der Waals surface area contributed by atoms with E-state index in [9.17, 15) is 9.59 Å². The van der Waals surface area contributed by atoms with E-state index in [0.29, 0.717) is 11.3 Å². The van der Waals surface area contributed by atoms with Crippen molar-refractivity contribution in [2.45, 2.75) is 13.0 Å². The summed E-state index contributed by atoms with van der Waals surface area (Å²) in [6.07, 6.45) is 2.90. The van der Waals surface area contributed by atoms with Crippen LogP contribution in [-0.4, -0.2) is 31.9 Å². The summed E-state index contributed by atoms with van der Waals surface area (Å²) in [6.45, 7) is 1.66. The topological polar surface area (TPSA) is 110 Å². The van der Waals surface area contributed by atoms with E-state index in [1.807, 2.05) is 0 Å². The van der Waals surface area contributed by atoms with Crippen LogP contribution in [0.3, 0.4) is 0 Å². The molecule has 0 bridgehead atoms. The molecule has 19 heavy (non-hydrogen) atoms. The highest BCUT2D eigenvalue weighted by Crippen LogP contribution is 2.13. The van der Waals surface area contributed by atoms with Gasteiger partial charge in [-0.1, -0.05) is 5.16 Å². The largest absolute Gasteiger partial charge is 0.479 e. The second-order valence-corrected chi connectivity index (χ2v) is 4.02. The fraction of sp³-hybridized carbons (Fsp3) is 0.273. The average Bonchev–Trinajstić information content (AvgIpc) is 2.94. The molecule has 0 aliphatic carbocycles. The zero-order valence-corrected chi connectivity index (χ0v) is 10.3. The molecule has 0 radical (unpaired) electrons. The van der Waals surface area contributed by atoms with Crippen molar-refractivity contribution in [3.05, 3.63) is 35.5 Å². The van der Waals surface area contributed by atoms with E-state index in [4.69, 9.17) is 9.63 Å². The van der Waals surface area contributed by atoms with Crippen LogP contribution in [0.2, 0.25) is 0 Å². The van der Waals surface area contributed by atoms with E-state index < -0.39 is 17.9 Å². The van der Waals surface area contributed by atoms with Crippen molar-refractivity contribution >= 4 is 11.9 Å². The number of hydrogen-bond donors (Lipinski definition) is 2. The summed E-state index contributed by atoms with van der Waals surface area (Å²) in [5.74, 6) is -1.86. The van der Waals surface area contributed by atoms with Crippen molar-refractivity contribution in [2.24, 2.45) is 7.05 Å². The van der Waals surface area contributed by atoms with Gasteiger partial charge in [0.2, 0.25) is 5.76 Å². The van der Waals surface area contributed by atoms with Crippen LogP contribution < -0.4 is 5.32 Å². The number of nitrogens with one attached hydrogen (secondary N) is 1. The lowest BCUT2D eigenvalue weighted by Crippen LogP contribution is -2.33. The van der Waals surface area contributed by atoms with Gasteiger partial charge in [0.25, 0.3) is 5.91 Å². The monoisotopic (exact) mass is 264 g/mol. The number of hydrogen-bond acceptors (Lipinski definition) is 5. The molecule has 0 aliphatic heterocycles. The Morgan fingerprint density at radius 1 is 1.53 bits per heavy atom. The fourth-order valence-electron chi connectivity index (χ4n) is 1.55. The zero-order chi connectivity index (χ0) is 14.0. The van der Waals surface area contributed by atoms with Crippen LogP contribution in [0.15, 0.2) is 23.0 Å². The molecule has 8 heteroatoms. The van der Waals surface area contributed by atoms with Crippen molar-refractivity contribution < 1.29 is 19.2 Å². The molecule has 1 amide bonds. The van der Waals surface area contributed by atoms with Crippen molar-refractivity contribution in [1.82, 2.24) is 20.3 Å². The Morgan fingerprint density at radius 2 is 2.26 bits per heavy atom. The lowest BCUT2D eigenvalue weighted by atomic mass is 10.1. The van der Waals surface area contributed by atoms with Gasteiger partial charge in [-0.3, -0.25) is 9.48 Å². The van der Waals surface area contributed by atoms with Crippen LogP contribution in [-0.2, 0) is 11.8 Å². The van der Waals surface area contributed by atoms with Gasteiger partial charge in [0.15, 0.2) is 6.04 Å². The van der Waals surface area contributed by atoms with Crippen molar-refractivity contribution in [3.63, 3.8) is 0 Å². The lowest BCUT2D eigenvalue weighted by Gasteiger charge is -2.11. The highest BCUT2D eigenvalue weighted by molar-refractivity contribution is 5.94. The average molecular weight is 264 g/mol. The molecule has 2 aromatic heterocycles. The van der Waals surface area contributed by atoms with Crippen LogP contribution in [0, 0.1) is 6.92 Å². The minimum absolute atomic E-state index is 0.0346. The number of carbonyl (C=O) groups excluding carboxylic acids is 1. The molecule has 2 heterocycles. The quantitative estimate of drug-likeness (QED) is 0.820. The number of carboxylic acids is 1. The van der Waals surface area contributed by atoms with Gasteiger partial charge in [0, 0.05) is 24.9 Å². The number of rotatable bonds is 4. The van der Waals surface area contributed by atoms with Gasteiger partial charge in [0.05, 0.1) is 11.9 Å². The Kier molecular flexibility index (Phi) is 3.32. The van der Waals surface area contributed by atoms with Gasteiger partial charge in [-0.25, -0.2) is 4.79 Å². The third-order valence-corrected chi connectivity index (χ3v) is 2.43. The molecule has 2 N–H and O–H groups in total. The number of nitrogens with zero attached hydrogens (tertiary/aromatic N) is 3. The van der Waals surface area contributed by atoms with E-state index >= 15 is 0 Å². The van der Waals surface area contributed by atoms with Gasteiger partial charge < -0.3 is 14.9 Å². The molecule has 8 nitrogen and oxygen atoms in total. The molecule has 0 aromatic carbocycles. The highest BCUT2D eigenvalue weighted by atomic mass is 16.5. The third-order valence-electron chi connectivity index (χ3n) is 2.43. The molecular weight excluding hydrogens is 252 g/mol. The van der Waals surface area contributed by atoms with Gasteiger partial charge in [-0.05, 0) is 6.92 Å². The van der Waals surface area contributed by atoms with Crippen LogP contribution in [0.1, 0.15) is 27.9 Å². The fourth-order valence-corrected chi connectivity index (χ4v) is 1.55. The first kappa shape index (κ1) is 12.8. The first-order valence-electron chi connectivity index (χ1n) is 5.43. The summed E-state index contributed by atoms with van der Waals surface area (Å²) in [5, 5.41) is 18.9. The minimum atomic E-state index is -1.19. The molecule has 0 fully saturated rings. The van der Waals surface area contributed by atoms with Crippen molar-refractivity contribution in [3.8, 4) is 0 Å². The summed E-state index contributed by atoms with van der Waals surface area (Å²) >= 11 is 0. The predicted molar refractivity (Wildman–Crippen MR) is 62.3 cm³/mol. The smallest absolute Gasteiger partial charge is 0.331 e. The van der Waals surface area contributed by atoms with Crippen LogP contribution in [0.4, 0.5) is 0 Å². The molecule has 0 saturated carbocycles. The summed E-state index contributed by atoms with van der Waals surface area (Å²) < 4.78 is 6.23. The molecule has 2 rings (SSSR count). The lowest BCUT2D eigenvalue weighted by molar-refractivity contribution is -0.139. The van der Waals surface area contributed by atoms with Crippen molar-refractivity contribution in [1.29, 1.82) is 0 Å². The Labute approximate surface area is 108 Å². The highest BCUT2D eigenvalue weighted by Gasteiger charge is 2.25. The number of aromatic nitrogens is 3. The second-order valence-electron chi connectivity index (χ2n) is 4.02. The zero-order valence-electron chi connectivity index (χ0n) is 10.3. The van der Waals surface area contributed by atoms with Crippen molar-refractivity contribution in [2.75, 3.05) is 0 Å². The van der Waals surface area contributed by atoms with Gasteiger partial charge in [-0.2, -0.15) is 5.10 Å². The number of carbonyl (C=O) groups is 2. The van der Waals surface area contributed by atoms with Gasteiger partial charge in [0.1, 0.15) is 0 Å². The molecule has 0 aliphatic rings. The Hall–Kier alpha value is -2.64. The maximum atomic E-state index is 11.8. The van der Waals surface area contributed by atoms with Gasteiger partial charge >= 0.3 is 5.97 Å². The Bertz CT molecular complexity index is 616. The first-order chi connectivity index (χ1) is 8.97. The van der Waals surface area contributed by atoms with Crippen LogP contribution >= 0.6 is 0 Å². The summed E-state index contributed by atoms with van der Waals surface area (Å²) in [5.41, 5.74) is 0.915. The summed E-state index contributed by atoms with van der Waals surface area (Å²) in [4.78, 5) is 23.0. The maximum Gasteiger partial charge on any atom is 0.331 e. The van der Waals surface area contributed by atoms with Crippen LogP contribution in [0.25, 0.3) is 0 Å². The normalized spacial score (nSPS) is 12.1. The van der Waals surface area contributed by atoms with E-state index in [-0.39, 0.29) is 5.76 Å². The molecule has 100 valence electrons. The van der Waals surface area contributed by atoms with Crippen LogP contribution in [0.5, 0.6) is 0 Å². The Morgan fingerprint density at radius 3 is 2.74 bits per heavy atom. The molecule has 2 aromatic rings. The van der Waals surface area contributed by atoms with E-state index in [2.05, 4.69) is 15.6 Å². The molecular formula is C11H12N4O4. The summed E-state index contributed by atoms with van der Waals surface area (Å²) in [7, 11) is 1.66. The number of aliphatic carboxylic acids is 1. The maximum absolute atomic E-state index is 11.8. The second kappa shape index (κ2) is 4.92. The molecule has 0 saturated heterocycles. The predicted octanol–water partition coefficient (Wildman–Crippen LogP) is 0.272. The van der Waals surface area contributed by atoms with E-state index in [1.165, 1.54) is 23.1 Å². The number of aryl methyl sites for hydroxylation is 2. The van der Waals surface area contributed by atoms with E-state index in [0.717, 1.165) is 0 Å². The SMILES string of the molecule is Cc1cc(C(=O)NC(C(=O)O)c2cnn(C)c2)on1. The Balaban J connectivity index is 2.18. The first-order valence-corrected chi connectivity index (χ1v) is 5.43. The number of carboxylic acid groups (broad SMARTS) is 1. The molecule has 1 atom stereocenters. The summed E-state index contributed by atoms with van der Waals surface area (Å²) in [6, 6.07) is 0.240. The van der Waals surface area contributed by atoms with E-state index in [1.54, 1.807) is 14.0 Å².